The van der Waals surface area contributed by atoms with E-state index in [1.54, 1.807) is 30.3 Å². The average molecular weight is 511 g/mol. The zero-order valence-electron chi connectivity index (χ0n) is 16.9. The van der Waals surface area contributed by atoms with Gasteiger partial charge in [-0.3, -0.25) is 4.55 Å². The Morgan fingerprint density at radius 1 is 1.31 bits per heavy atom. The van der Waals surface area contributed by atoms with E-state index in [-0.39, 0.29) is 10.0 Å². The number of aromatic carboxylic acids is 1. The third-order valence-corrected chi connectivity index (χ3v) is 9.91. The molecule has 2 aliphatic rings. The first-order valence-electron chi connectivity index (χ1n) is 9.89. The molecule has 2 N–H and O–H groups in total. The summed E-state index contributed by atoms with van der Waals surface area (Å²) in [5, 5.41) is 10.6. The molecular formula is C21H19ClN2O5S3+2. The van der Waals surface area contributed by atoms with Crippen LogP contribution < -0.4 is 9.05 Å². The molecule has 2 aliphatic heterocycles. The minimum Gasteiger partial charge on any atom is -0.478 e. The number of thiazole rings is 1. The molecule has 0 bridgehead atoms. The lowest BCUT2D eigenvalue weighted by Gasteiger charge is -2.47. The predicted octanol–water partition coefficient (Wildman–Crippen LogP) is 4.59. The van der Waals surface area contributed by atoms with Gasteiger partial charge in [0.15, 0.2) is 10.7 Å². The highest BCUT2D eigenvalue weighted by atomic mass is 35.5. The van der Waals surface area contributed by atoms with E-state index in [1.165, 1.54) is 23.1 Å². The van der Waals surface area contributed by atoms with Crippen LogP contribution in [0.4, 0.5) is 5.69 Å². The Balaban J connectivity index is 1.71. The summed E-state index contributed by atoms with van der Waals surface area (Å²) in [6.45, 7) is 3.14. The maximum Gasteiger partial charge on any atom is 0.335 e. The van der Waals surface area contributed by atoms with Gasteiger partial charge in [0.1, 0.15) is 11.2 Å². The topological polar surface area (TPSA) is 95.5 Å². The zero-order chi connectivity index (χ0) is 22.8. The minimum absolute atomic E-state index is 0.0255. The van der Waals surface area contributed by atoms with Gasteiger partial charge in [0.25, 0.3) is 5.01 Å². The van der Waals surface area contributed by atoms with Crippen LogP contribution in [0.1, 0.15) is 28.7 Å². The molecule has 2 aromatic carbocycles. The Bertz CT molecular complexity index is 1430. The molecule has 1 saturated heterocycles. The van der Waals surface area contributed by atoms with Crippen LogP contribution in [0.5, 0.6) is 0 Å². The molecule has 11 heteroatoms. The number of hydrogen-bond donors (Lipinski definition) is 2. The monoisotopic (exact) mass is 510 g/mol. The van der Waals surface area contributed by atoms with Gasteiger partial charge < -0.3 is 5.11 Å². The number of halogens is 1. The molecule has 7 nitrogen and oxygen atoms in total. The highest BCUT2D eigenvalue weighted by molar-refractivity contribution is 8.03. The van der Waals surface area contributed by atoms with Crippen molar-refractivity contribution in [1.82, 2.24) is 4.48 Å². The minimum atomic E-state index is -4.29. The third-order valence-electron chi connectivity index (χ3n) is 6.06. The van der Waals surface area contributed by atoms with Crippen LogP contribution in [-0.2, 0) is 16.7 Å². The van der Waals surface area contributed by atoms with E-state index in [0.717, 1.165) is 30.8 Å². The molecule has 0 aliphatic carbocycles. The van der Waals surface area contributed by atoms with Gasteiger partial charge >= 0.3 is 16.1 Å². The number of aryl methyl sites for hydroxylation is 1. The van der Waals surface area contributed by atoms with E-state index in [9.17, 15) is 22.9 Å². The number of thioether (sulfide) groups is 1. The quantitative estimate of drug-likeness (QED) is 0.303. The number of rotatable bonds is 4. The molecule has 1 spiro atoms. The summed E-state index contributed by atoms with van der Waals surface area (Å²) in [6, 6.07) is 10.5. The molecule has 3 heterocycles. The van der Waals surface area contributed by atoms with Crippen LogP contribution in [0.3, 0.4) is 0 Å². The van der Waals surface area contributed by atoms with Crippen molar-refractivity contribution >= 4 is 72.8 Å². The first-order valence-corrected chi connectivity index (χ1v) is 13.4. The van der Waals surface area contributed by atoms with Crippen LogP contribution in [0.25, 0.3) is 16.3 Å². The van der Waals surface area contributed by atoms with E-state index in [1.807, 2.05) is 23.6 Å². The first kappa shape index (κ1) is 21.9. The molecule has 166 valence electrons. The van der Waals surface area contributed by atoms with Crippen molar-refractivity contribution in [2.75, 3.05) is 6.54 Å². The number of carbonyl (C=O) groups is 1. The summed E-state index contributed by atoms with van der Waals surface area (Å²) in [7, 11) is -4.29. The average Bonchev–Trinajstić information content (AvgIpc) is 3.20. The molecule has 2 atom stereocenters. The SMILES string of the molecule is CC[n+]1c(C=C2Sc3ccc(Cl)cc3[N+]23CCC3S(=O)(=O)O)sc2ccc(C(=O)O)cc21. The molecular weight excluding hydrogens is 492 g/mol. The second-order valence-corrected chi connectivity index (χ2v) is 11.9. The summed E-state index contributed by atoms with van der Waals surface area (Å²) in [6.07, 6.45) is 2.31. The van der Waals surface area contributed by atoms with Gasteiger partial charge in [-0.25, -0.2) is 9.28 Å². The van der Waals surface area contributed by atoms with Gasteiger partial charge in [-0.1, -0.05) is 22.9 Å². The van der Waals surface area contributed by atoms with Gasteiger partial charge in [0.2, 0.25) is 10.9 Å². The number of carboxylic acids is 1. The summed E-state index contributed by atoms with van der Waals surface area (Å²) in [4.78, 5) is 12.3. The normalized spacial score (nSPS) is 23.6. The predicted molar refractivity (Wildman–Crippen MR) is 127 cm³/mol. The fourth-order valence-electron chi connectivity index (χ4n) is 4.52. The lowest BCUT2D eigenvalue weighted by atomic mass is 10.1. The van der Waals surface area contributed by atoms with E-state index in [2.05, 4.69) is 0 Å². The van der Waals surface area contributed by atoms with Crippen LogP contribution >= 0.6 is 34.7 Å². The standard InChI is InChI=1S/C21H17ClN2O5S3/c1-2-23-14-9-12(21(25)26)3-5-16(14)30-18(23)11-19-24(8-7-20(24)32(27,28)29)15-10-13(22)4-6-17(15)31-19/h3-6,9-11,20H,2,7-8H2,1H3/p+2. The number of hydrogen-bond acceptors (Lipinski definition) is 5. The molecule has 1 aromatic heterocycles. The Kier molecular flexibility index (Phi) is 5.16. The Morgan fingerprint density at radius 3 is 2.72 bits per heavy atom. The van der Waals surface area contributed by atoms with Gasteiger partial charge in [-0.15, -0.1) is 0 Å². The highest BCUT2D eigenvalue weighted by Gasteiger charge is 2.62. The Morgan fingerprint density at radius 2 is 2.09 bits per heavy atom. The molecule has 5 rings (SSSR count). The molecule has 0 saturated carbocycles. The zero-order valence-corrected chi connectivity index (χ0v) is 20.1. The molecule has 2 unspecified atom stereocenters. The number of aromatic nitrogens is 1. The molecule has 1 fully saturated rings. The smallest absolute Gasteiger partial charge is 0.335 e. The molecule has 32 heavy (non-hydrogen) atoms. The van der Waals surface area contributed by atoms with Crippen molar-refractivity contribution in [3.63, 3.8) is 0 Å². The van der Waals surface area contributed by atoms with Crippen LogP contribution in [0.15, 0.2) is 46.3 Å². The second kappa shape index (κ2) is 7.54. The summed E-state index contributed by atoms with van der Waals surface area (Å²) < 4.78 is 37.4. The number of nitrogens with zero attached hydrogens (tertiary/aromatic N) is 2. The van der Waals surface area contributed by atoms with Crippen molar-refractivity contribution in [2.24, 2.45) is 0 Å². The van der Waals surface area contributed by atoms with E-state index < -0.39 is 21.5 Å². The van der Waals surface area contributed by atoms with E-state index >= 15 is 0 Å². The van der Waals surface area contributed by atoms with E-state index in [0.29, 0.717) is 24.5 Å². The number of carboxylic acid groups (broad SMARTS) is 1. The lowest BCUT2D eigenvalue weighted by molar-refractivity contribution is -0.665. The fourth-order valence-corrected chi connectivity index (χ4v) is 8.50. The van der Waals surface area contributed by atoms with Gasteiger partial charge in [-0.2, -0.15) is 13.0 Å². The van der Waals surface area contributed by atoms with E-state index in [4.69, 9.17) is 11.6 Å². The maximum absolute atomic E-state index is 12.2. The van der Waals surface area contributed by atoms with Crippen molar-refractivity contribution in [3.05, 3.63) is 57.0 Å². The lowest BCUT2D eigenvalue weighted by Crippen LogP contribution is -2.66. The van der Waals surface area contributed by atoms with Crippen molar-refractivity contribution in [2.45, 2.75) is 30.2 Å². The Labute approximate surface area is 197 Å². The van der Waals surface area contributed by atoms with Crippen molar-refractivity contribution < 1.29 is 27.4 Å². The number of benzene rings is 2. The number of fused-ring (bicyclic) bond motifs is 3. The van der Waals surface area contributed by atoms with Crippen LogP contribution in [-0.4, -0.2) is 36.0 Å². The van der Waals surface area contributed by atoms with Crippen LogP contribution in [0, 0.1) is 0 Å². The summed E-state index contributed by atoms with van der Waals surface area (Å²) in [5.74, 6) is -0.986. The first-order chi connectivity index (χ1) is 15.1. The number of quaternary nitrogens is 1. The van der Waals surface area contributed by atoms with Gasteiger partial charge in [0.05, 0.1) is 29.5 Å². The second-order valence-electron chi connectivity index (χ2n) is 7.72. The van der Waals surface area contributed by atoms with Gasteiger partial charge in [0, 0.05) is 17.2 Å². The fraction of sp³-hybridized carbons (Fsp3) is 0.238. The molecule has 3 aromatic rings. The molecule has 0 amide bonds. The third kappa shape index (κ3) is 3.20. The Hall–Kier alpha value is -1.95. The molecule has 0 radical (unpaired) electrons. The maximum atomic E-state index is 12.2. The van der Waals surface area contributed by atoms with Gasteiger partial charge in [-0.05, 0) is 43.0 Å². The van der Waals surface area contributed by atoms with Crippen molar-refractivity contribution in [3.8, 4) is 0 Å². The van der Waals surface area contributed by atoms with Crippen molar-refractivity contribution in [1.29, 1.82) is 0 Å². The van der Waals surface area contributed by atoms with Crippen LogP contribution in [0.2, 0.25) is 5.02 Å². The summed E-state index contributed by atoms with van der Waals surface area (Å²) >= 11 is 9.23. The summed E-state index contributed by atoms with van der Waals surface area (Å²) in [5.41, 5.74) is 1.81. The largest absolute Gasteiger partial charge is 0.478 e. The highest BCUT2D eigenvalue weighted by Crippen LogP contribution is 2.58.